The minimum atomic E-state index is -0.362. The first-order chi connectivity index (χ1) is 34.3. The predicted molar refractivity (Wildman–Crippen MR) is 268 cm³/mol. The smallest absolute Gasteiger partial charge is 0.188 e. The average Bonchev–Trinajstić information content (AvgIpc) is 3.39. The maximum absolute atomic E-state index is 14.6. The zero-order valence-electron chi connectivity index (χ0n) is 39.9. The summed E-state index contributed by atoms with van der Waals surface area (Å²) in [5.41, 5.74) is 5.64. The van der Waals surface area contributed by atoms with Crippen LogP contribution in [0.4, 0.5) is 8.78 Å². The second-order valence-corrected chi connectivity index (χ2v) is 16.5. The molecule has 2 aliphatic rings. The van der Waals surface area contributed by atoms with E-state index in [-0.39, 0.29) is 38.8 Å². The molecule has 0 spiro atoms. The van der Waals surface area contributed by atoms with E-state index in [1.54, 1.807) is 12.1 Å². The third kappa shape index (κ3) is 20.7. The van der Waals surface area contributed by atoms with Crippen molar-refractivity contribution >= 4 is 0 Å². The molecule has 2 fully saturated rings. The minimum Gasteiger partial charge on any atom is -0.476 e. The molecule has 10 heteroatoms. The van der Waals surface area contributed by atoms with Crippen LogP contribution in [0.25, 0.3) is 0 Å². The van der Waals surface area contributed by atoms with Gasteiger partial charge in [-0.15, -0.1) is 0 Å². The van der Waals surface area contributed by atoms with Crippen LogP contribution in [0.5, 0.6) is 0 Å². The fourth-order valence-electron chi connectivity index (χ4n) is 7.49. The lowest BCUT2D eigenvalue weighted by Gasteiger charge is -2.25. The van der Waals surface area contributed by atoms with Crippen molar-refractivity contribution < 1.29 is 46.7 Å². The second kappa shape index (κ2) is 31.9. The maximum Gasteiger partial charge on any atom is 0.188 e. The van der Waals surface area contributed by atoms with Gasteiger partial charge in [-0.1, -0.05) is 97.9 Å². The molecule has 4 aromatic rings. The molecule has 0 radical (unpaired) electrons. The third-order valence-corrected chi connectivity index (χ3v) is 11.4. The Labute approximate surface area is 413 Å². The Morgan fingerprint density at radius 3 is 1.10 bits per heavy atom. The summed E-state index contributed by atoms with van der Waals surface area (Å²) in [4.78, 5) is 0. The highest BCUT2D eigenvalue weighted by atomic mass is 19.1. The van der Waals surface area contributed by atoms with E-state index in [9.17, 15) is 8.78 Å². The topological polar surface area (TPSA) is 73.8 Å². The van der Waals surface area contributed by atoms with Gasteiger partial charge in [0.25, 0.3) is 0 Å². The Balaban J connectivity index is 0.000000261. The number of rotatable bonds is 20. The van der Waals surface area contributed by atoms with Crippen molar-refractivity contribution in [2.75, 3.05) is 40.4 Å². The van der Waals surface area contributed by atoms with Crippen LogP contribution < -0.4 is 0 Å². The Kier molecular flexibility index (Phi) is 24.6. The molecule has 0 atom stereocenters. The second-order valence-electron chi connectivity index (χ2n) is 16.5. The molecule has 4 aromatic carbocycles. The molecular weight excluding hydrogens is 887 g/mol. The van der Waals surface area contributed by atoms with Crippen molar-refractivity contribution in [3.63, 3.8) is 0 Å². The zero-order chi connectivity index (χ0) is 49.4. The van der Waals surface area contributed by atoms with Crippen LogP contribution in [0.3, 0.4) is 0 Å². The van der Waals surface area contributed by atoms with E-state index in [0.29, 0.717) is 72.4 Å². The van der Waals surface area contributed by atoms with Crippen LogP contribution in [-0.2, 0) is 51.1 Å². The highest BCUT2D eigenvalue weighted by molar-refractivity contribution is 5.48. The van der Waals surface area contributed by atoms with E-state index in [0.717, 1.165) is 73.6 Å². The largest absolute Gasteiger partial charge is 0.476 e. The minimum absolute atomic E-state index is 0.161. The lowest BCUT2D eigenvalue weighted by atomic mass is 9.82. The first-order valence-corrected chi connectivity index (χ1v) is 23.4. The van der Waals surface area contributed by atoms with E-state index in [4.69, 9.17) is 37.9 Å². The van der Waals surface area contributed by atoms with Crippen molar-refractivity contribution in [1.82, 2.24) is 0 Å². The summed E-state index contributed by atoms with van der Waals surface area (Å²) in [6.45, 7) is 17.0. The quantitative estimate of drug-likeness (QED) is 0.0375. The van der Waals surface area contributed by atoms with Crippen LogP contribution in [0.1, 0.15) is 95.9 Å². The molecule has 2 saturated carbocycles. The van der Waals surface area contributed by atoms with Gasteiger partial charge in [-0.3, -0.25) is 0 Å². The number of hydrogen-bond acceptors (Lipinski definition) is 8. The normalized spacial score (nSPS) is 16.7. The van der Waals surface area contributed by atoms with Crippen molar-refractivity contribution in [1.29, 1.82) is 0 Å². The molecule has 2 aliphatic carbocycles. The highest BCUT2D eigenvalue weighted by Crippen LogP contribution is 2.30. The van der Waals surface area contributed by atoms with Crippen molar-refractivity contribution in [2.24, 2.45) is 23.7 Å². The summed E-state index contributed by atoms with van der Waals surface area (Å²) in [6, 6.07) is 25.2. The van der Waals surface area contributed by atoms with Gasteiger partial charge in [0.15, 0.2) is 27.2 Å². The van der Waals surface area contributed by atoms with Gasteiger partial charge >= 0.3 is 0 Å². The number of halogens is 2. The summed E-state index contributed by atoms with van der Waals surface area (Å²) >= 11 is 0. The Morgan fingerprint density at radius 1 is 0.414 bits per heavy atom. The summed E-state index contributed by atoms with van der Waals surface area (Å²) in [7, 11) is 0. The van der Waals surface area contributed by atoms with Gasteiger partial charge in [-0.25, -0.2) is 8.78 Å². The highest BCUT2D eigenvalue weighted by Gasteiger charge is 2.21. The van der Waals surface area contributed by atoms with Crippen LogP contribution in [0.15, 0.2) is 136 Å². The summed E-state index contributed by atoms with van der Waals surface area (Å²) in [5, 5.41) is 0. The Bertz CT molecular complexity index is 2330. The molecule has 0 unspecified atom stereocenters. The summed E-state index contributed by atoms with van der Waals surface area (Å²) < 4.78 is 70.6. The average molecular weight is 949 g/mol. The van der Waals surface area contributed by atoms with Crippen LogP contribution in [0.2, 0.25) is 0 Å². The Morgan fingerprint density at radius 2 is 0.757 bits per heavy atom. The molecule has 0 amide bonds. The first-order valence-electron chi connectivity index (χ1n) is 23.4. The number of ether oxygens (including phenoxy) is 8. The molecular formula is C60H62F2O8. The molecule has 0 bridgehead atoms. The molecule has 0 aromatic heterocycles. The van der Waals surface area contributed by atoms with Gasteiger partial charge in [0, 0.05) is 34.1 Å². The Hall–Kier alpha value is -7.02. The van der Waals surface area contributed by atoms with E-state index in [1.165, 1.54) is 37.2 Å². The SMILES string of the molecule is C=COCOCc1ccc(C#Cc2ccc(C#CC3CCC(COCOC=C)CC3)cc2F)cc1.C=COCOCc1ccc(C#Cc2ccc(C#CC3CCC(COCOC=C)CC3)cc2F)cc1. The van der Waals surface area contributed by atoms with E-state index in [1.807, 2.05) is 60.7 Å². The molecule has 6 rings (SSSR count). The van der Waals surface area contributed by atoms with Crippen LogP contribution >= 0.6 is 0 Å². The third-order valence-electron chi connectivity index (χ3n) is 11.4. The zero-order valence-corrected chi connectivity index (χ0v) is 39.9. The molecule has 0 heterocycles. The predicted octanol–water partition coefficient (Wildman–Crippen LogP) is 12.3. The van der Waals surface area contributed by atoms with Gasteiger partial charge in [0.1, 0.15) is 11.6 Å². The summed E-state index contributed by atoms with van der Waals surface area (Å²) in [6.07, 6.45) is 13.9. The standard InChI is InChI=1S/2C30H31FO4/c2*1-3-32-22-34-20-27-11-6-24(7-12-27)5-10-26-16-18-29(30(31)19-26)17-15-25-8-13-28(14-9-25)21-35-23-33-4-2/h2*3-4,8-9,13-14,16,18-19,24,27H,1-2,6-7,11-12,20-23H2. The molecule has 0 saturated heterocycles. The van der Waals surface area contributed by atoms with Crippen molar-refractivity contribution in [2.45, 2.75) is 64.6 Å². The van der Waals surface area contributed by atoms with E-state index >= 15 is 0 Å². The maximum atomic E-state index is 14.6. The van der Waals surface area contributed by atoms with Crippen molar-refractivity contribution in [3.05, 3.63) is 192 Å². The fraction of sp³-hybridized carbons (Fsp3) is 0.333. The molecule has 70 heavy (non-hydrogen) atoms. The van der Waals surface area contributed by atoms with Crippen LogP contribution in [-0.4, -0.2) is 40.4 Å². The van der Waals surface area contributed by atoms with Gasteiger partial charge in [-0.2, -0.15) is 0 Å². The fourth-order valence-corrected chi connectivity index (χ4v) is 7.49. The van der Waals surface area contributed by atoms with Gasteiger partial charge < -0.3 is 37.9 Å². The molecule has 8 nitrogen and oxygen atoms in total. The van der Waals surface area contributed by atoms with Gasteiger partial charge in [0.2, 0.25) is 0 Å². The molecule has 0 aliphatic heterocycles. The van der Waals surface area contributed by atoms with E-state index < -0.39 is 0 Å². The summed E-state index contributed by atoms with van der Waals surface area (Å²) in [5.74, 6) is 25.7. The monoisotopic (exact) mass is 948 g/mol. The lowest BCUT2D eigenvalue weighted by molar-refractivity contribution is -0.0313. The van der Waals surface area contributed by atoms with Crippen molar-refractivity contribution in [3.8, 4) is 47.4 Å². The van der Waals surface area contributed by atoms with Gasteiger partial charge in [-0.05, 0) is 135 Å². The number of benzene rings is 4. The first kappa shape index (κ1) is 53.9. The molecule has 364 valence electrons. The van der Waals surface area contributed by atoms with E-state index in [2.05, 4.69) is 73.7 Å². The lowest BCUT2D eigenvalue weighted by Crippen LogP contribution is -2.18. The van der Waals surface area contributed by atoms with Gasteiger partial charge in [0.05, 0.1) is 62.6 Å². The van der Waals surface area contributed by atoms with Crippen LogP contribution in [0, 0.1) is 82.7 Å². The number of hydrogen-bond donors (Lipinski definition) is 0. The molecule has 0 N–H and O–H groups in total.